The number of carbonyl (C=O) groups excluding carboxylic acids is 1. The van der Waals surface area contributed by atoms with E-state index in [2.05, 4.69) is 20.8 Å². The Morgan fingerprint density at radius 1 is 1.46 bits per heavy atom. The van der Waals surface area contributed by atoms with E-state index in [1.54, 1.807) is 24.3 Å². The monoisotopic (exact) mass is 349 g/mol. The van der Waals surface area contributed by atoms with E-state index < -0.39 is 6.10 Å². The number of amides is 2. The number of hydrogen-bond donors (Lipinski definition) is 3. The van der Waals surface area contributed by atoms with Gasteiger partial charge in [-0.05, 0) is 25.8 Å². The molecule has 2 heterocycles. The predicted molar refractivity (Wildman–Crippen MR) is 89.7 cm³/mol. The van der Waals surface area contributed by atoms with Crippen LogP contribution in [-0.4, -0.2) is 32.4 Å². The van der Waals surface area contributed by atoms with Crippen LogP contribution in [0.1, 0.15) is 42.2 Å². The number of halogens is 1. The lowest BCUT2D eigenvalue weighted by Crippen LogP contribution is -2.41. The molecule has 0 aliphatic carbocycles. The second kappa shape index (κ2) is 7.19. The SMILES string of the molecule is Cc1nnc2n1CCCC2NC(=O)NCC(O)c1ccccc1Cl. The number of nitrogens with zero attached hydrogens (tertiary/aromatic N) is 3. The number of nitrogens with one attached hydrogen (secondary N) is 2. The van der Waals surface area contributed by atoms with Gasteiger partial charge in [0.25, 0.3) is 0 Å². The summed E-state index contributed by atoms with van der Waals surface area (Å²) in [5, 5.41) is 24.4. The van der Waals surface area contributed by atoms with Crippen LogP contribution >= 0.6 is 11.6 Å². The van der Waals surface area contributed by atoms with Gasteiger partial charge in [0, 0.05) is 23.7 Å². The van der Waals surface area contributed by atoms with E-state index in [1.807, 2.05) is 11.5 Å². The van der Waals surface area contributed by atoms with Crippen molar-refractivity contribution in [1.29, 1.82) is 0 Å². The smallest absolute Gasteiger partial charge is 0.315 e. The van der Waals surface area contributed by atoms with Crippen LogP contribution in [0.15, 0.2) is 24.3 Å². The first-order valence-electron chi connectivity index (χ1n) is 7.93. The summed E-state index contributed by atoms with van der Waals surface area (Å²) < 4.78 is 2.02. The highest BCUT2D eigenvalue weighted by atomic mass is 35.5. The highest BCUT2D eigenvalue weighted by molar-refractivity contribution is 6.31. The Kier molecular flexibility index (Phi) is 5.01. The Bertz CT molecular complexity index is 733. The maximum Gasteiger partial charge on any atom is 0.315 e. The van der Waals surface area contributed by atoms with Gasteiger partial charge in [-0.25, -0.2) is 4.79 Å². The van der Waals surface area contributed by atoms with Gasteiger partial charge in [-0.3, -0.25) is 0 Å². The highest BCUT2D eigenvalue weighted by Crippen LogP contribution is 2.24. The molecule has 2 amide bonds. The maximum absolute atomic E-state index is 12.1. The van der Waals surface area contributed by atoms with Crippen LogP contribution in [0, 0.1) is 6.92 Å². The Morgan fingerprint density at radius 3 is 3.04 bits per heavy atom. The average molecular weight is 350 g/mol. The molecule has 1 aliphatic rings. The van der Waals surface area contributed by atoms with Crippen LogP contribution in [0.2, 0.25) is 5.02 Å². The summed E-state index contributed by atoms with van der Waals surface area (Å²) in [6.07, 6.45) is 0.916. The van der Waals surface area contributed by atoms with Crippen molar-refractivity contribution in [3.05, 3.63) is 46.5 Å². The number of aliphatic hydroxyl groups excluding tert-OH is 1. The molecule has 1 aromatic heterocycles. The molecule has 0 fully saturated rings. The zero-order chi connectivity index (χ0) is 17.1. The van der Waals surface area contributed by atoms with E-state index in [1.165, 1.54) is 0 Å². The molecule has 2 atom stereocenters. The van der Waals surface area contributed by atoms with E-state index in [0.717, 1.165) is 31.0 Å². The van der Waals surface area contributed by atoms with E-state index in [9.17, 15) is 9.90 Å². The van der Waals surface area contributed by atoms with Crippen molar-refractivity contribution in [2.24, 2.45) is 0 Å². The molecular formula is C16H20ClN5O2. The van der Waals surface area contributed by atoms with Gasteiger partial charge < -0.3 is 20.3 Å². The molecule has 1 aliphatic heterocycles. The molecule has 7 nitrogen and oxygen atoms in total. The topological polar surface area (TPSA) is 92.1 Å². The fourth-order valence-corrected chi connectivity index (χ4v) is 3.17. The number of fused-ring (bicyclic) bond motifs is 1. The van der Waals surface area contributed by atoms with Crippen molar-refractivity contribution in [3.8, 4) is 0 Å². The summed E-state index contributed by atoms with van der Waals surface area (Å²) in [5.74, 6) is 1.63. The average Bonchev–Trinajstić information content (AvgIpc) is 2.96. The number of benzene rings is 1. The first-order valence-corrected chi connectivity index (χ1v) is 8.30. The first kappa shape index (κ1) is 16.7. The Hall–Kier alpha value is -2.12. The zero-order valence-corrected chi connectivity index (χ0v) is 14.1. The van der Waals surface area contributed by atoms with E-state index >= 15 is 0 Å². The quantitative estimate of drug-likeness (QED) is 0.788. The molecular weight excluding hydrogens is 330 g/mol. The number of carbonyl (C=O) groups is 1. The molecule has 0 bridgehead atoms. The van der Waals surface area contributed by atoms with Crippen molar-refractivity contribution in [3.63, 3.8) is 0 Å². The lowest BCUT2D eigenvalue weighted by molar-refractivity contribution is 0.172. The maximum atomic E-state index is 12.1. The third kappa shape index (κ3) is 3.52. The van der Waals surface area contributed by atoms with Crippen molar-refractivity contribution < 1.29 is 9.90 Å². The van der Waals surface area contributed by atoms with Gasteiger partial charge in [0.15, 0.2) is 5.82 Å². The number of aryl methyl sites for hydroxylation is 1. The van der Waals surface area contributed by atoms with Crippen molar-refractivity contribution in [2.75, 3.05) is 6.54 Å². The zero-order valence-electron chi connectivity index (χ0n) is 13.4. The number of aliphatic hydroxyl groups is 1. The van der Waals surface area contributed by atoms with Crippen molar-refractivity contribution in [2.45, 2.75) is 38.5 Å². The number of aromatic nitrogens is 3. The summed E-state index contributed by atoms with van der Waals surface area (Å²) in [7, 11) is 0. The van der Waals surface area contributed by atoms with Crippen LogP contribution in [0.25, 0.3) is 0 Å². The van der Waals surface area contributed by atoms with Crippen LogP contribution in [0.5, 0.6) is 0 Å². The summed E-state index contributed by atoms with van der Waals surface area (Å²) in [6, 6.07) is 6.51. The summed E-state index contributed by atoms with van der Waals surface area (Å²) >= 11 is 6.04. The molecule has 2 aromatic rings. The Morgan fingerprint density at radius 2 is 2.25 bits per heavy atom. The predicted octanol–water partition coefficient (Wildman–Crippen LogP) is 2.11. The second-order valence-electron chi connectivity index (χ2n) is 5.84. The minimum atomic E-state index is -0.860. The fourth-order valence-electron chi connectivity index (χ4n) is 2.90. The van der Waals surface area contributed by atoms with Gasteiger partial charge in [0.1, 0.15) is 5.82 Å². The van der Waals surface area contributed by atoms with Crippen LogP contribution in [0.3, 0.4) is 0 Å². The highest BCUT2D eigenvalue weighted by Gasteiger charge is 2.25. The fraction of sp³-hybridized carbons (Fsp3) is 0.438. The number of urea groups is 1. The van der Waals surface area contributed by atoms with Crippen molar-refractivity contribution in [1.82, 2.24) is 25.4 Å². The van der Waals surface area contributed by atoms with Gasteiger partial charge >= 0.3 is 6.03 Å². The minimum Gasteiger partial charge on any atom is -0.387 e. The van der Waals surface area contributed by atoms with Gasteiger partial charge in [-0.1, -0.05) is 29.8 Å². The molecule has 1 aromatic carbocycles. The molecule has 3 rings (SSSR count). The molecule has 8 heteroatoms. The third-order valence-corrected chi connectivity index (χ3v) is 4.52. The molecule has 24 heavy (non-hydrogen) atoms. The Balaban J connectivity index is 1.56. The van der Waals surface area contributed by atoms with Gasteiger partial charge in [-0.2, -0.15) is 0 Å². The van der Waals surface area contributed by atoms with Crippen LogP contribution in [-0.2, 0) is 6.54 Å². The van der Waals surface area contributed by atoms with E-state index in [0.29, 0.717) is 10.6 Å². The lowest BCUT2D eigenvalue weighted by atomic mass is 10.1. The van der Waals surface area contributed by atoms with E-state index in [4.69, 9.17) is 11.6 Å². The number of rotatable bonds is 4. The molecule has 0 spiro atoms. The van der Waals surface area contributed by atoms with Crippen molar-refractivity contribution >= 4 is 17.6 Å². The number of hydrogen-bond acceptors (Lipinski definition) is 4. The first-order chi connectivity index (χ1) is 11.6. The summed E-state index contributed by atoms with van der Waals surface area (Å²) in [6.45, 7) is 2.85. The largest absolute Gasteiger partial charge is 0.387 e. The molecule has 2 unspecified atom stereocenters. The summed E-state index contributed by atoms with van der Waals surface area (Å²) in [5.41, 5.74) is 0.590. The molecule has 3 N–H and O–H groups in total. The molecule has 0 saturated heterocycles. The molecule has 128 valence electrons. The minimum absolute atomic E-state index is 0.0774. The second-order valence-corrected chi connectivity index (χ2v) is 6.25. The van der Waals surface area contributed by atoms with Gasteiger partial charge in [-0.15, -0.1) is 10.2 Å². The van der Waals surface area contributed by atoms with E-state index in [-0.39, 0.29) is 18.6 Å². The lowest BCUT2D eigenvalue weighted by Gasteiger charge is -2.24. The van der Waals surface area contributed by atoms with Crippen LogP contribution < -0.4 is 10.6 Å². The van der Waals surface area contributed by atoms with Gasteiger partial charge in [0.05, 0.1) is 12.1 Å². The third-order valence-electron chi connectivity index (χ3n) is 4.18. The molecule has 0 saturated carbocycles. The standard InChI is InChI=1S/C16H20ClN5O2/c1-10-20-21-15-13(7-4-8-22(10)15)19-16(24)18-9-14(23)11-5-2-3-6-12(11)17/h2-3,5-6,13-14,23H,4,7-9H2,1H3,(H2,18,19,24). The normalized spacial score (nSPS) is 17.9. The van der Waals surface area contributed by atoms with Crippen LogP contribution in [0.4, 0.5) is 4.79 Å². The summed E-state index contributed by atoms with van der Waals surface area (Å²) in [4.78, 5) is 12.1. The van der Waals surface area contributed by atoms with Gasteiger partial charge in [0.2, 0.25) is 0 Å². The molecule has 0 radical (unpaired) electrons. The Labute approximate surface area is 145 Å².